The first-order chi connectivity index (χ1) is 12.0. The zero-order valence-corrected chi connectivity index (χ0v) is 15.6. The maximum absolute atomic E-state index is 10.5. The number of rotatable bonds is 6. The molecule has 0 spiro atoms. The van der Waals surface area contributed by atoms with Crippen LogP contribution in [0, 0.1) is 5.92 Å². The van der Waals surface area contributed by atoms with E-state index in [1.54, 1.807) is 0 Å². The molecule has 0 bridgehead atoms. The van der Waals surface area contributed by atoms with E-state index in [2.05, 4.69) is 65.6 Å². The van der Waals surface area contributed by atoms with Crippen LogP contribution in [0.4, 0.5) is 0 Å². The average Bonchev–Trinajstić information content (AvgIpc) is 2.62. The van der Waals surface area contributed by atoms with Gasteiger partial charge in [0.05, 0.1) is 5.60 Å². The molecule has 1 unspecified atom stereocenters. The summed E-state index contributed by atoms with van der Waals surface area (Å²) in [6.07, 6.45) is 4.67. The number of aliphatic hydroxyl groups is 1. The topological polar surface area (TPSA) is 23.5 Å². The lowest BCUT2D eigenvalue weighted by Crippen LogP contribution is -2.43. The summed E-state index contributed by atoms with van der Waals surface area (Å²) in [6.45, 7) is 5.88. The molecule has 0 saturated heterocycles. The number of hydrogen-bond acceptors (Lipinski definition) is 2. The molecule has 1 aliphatic rings. The van der Waals surface area contributed by atoms with Gasteiger partial charge in [-0.3, -0.25) is 4.90 Å². The molecule has 3 rings (SSSR count). The van der Waals surface area contributed by atoms with Crippen LogP contribution < -0.4 is 0 Å². The van der Waals surface area contributed by atoms with Crippen molar-refractivity contribution in [3.05, 3.63) is 71.8 Å². The van der Waals surface area contributed by atoms with Crippen molar-refractivity contribution < 1.29 is 5.11 Å². The smallest absolute Gasteiger partial charge is 0.0620 e. The van der Waals surface area contributed by atoms with Gasteiger partial charge in [-0.2, -0.15) is 0 Å². The lowest BCUT2D eigenvalue weighted by atomic mass is 9.76. The van der Waals surface area contributed by atoms with Crippen LogP contribution >= 0.6 is 0 Å². The van der Waals surface area contributed by atoms with E-state index in [0.29, 0.717) is 12.0 Å². The maximum atomic E-state index is 10.5. The van der Waals surface area contributed by atoms with Crippen LogP contribution in [0.5, 0.6) is 0 Å². The third-order valence-electron chi connectivity index (χ3n) is 5.62. The van der Waals surface area contributed by atoms with Gasteiger partial charge in [-0.05, 0) is 50.2 Å². The van der Waals surface area contributed by atoms with E-state index in [1.165, 1.54) is 24.0 Å². The van der Waals surface area contributed by atoms with E-state index in [-0.39, 0.29) is 0 Å². The van der Waals surface area contributed by atoms with E-state index in [4.69, 9.17) is 0 Å². The highest BCUT2D eigenvalue weighted by Crippen LogP contribution is 2.35. The quantitative estimate of drug-likeness (QED) is 0.800. The average molecular weight is 338 g/mol. The molecule has 0 radical (unpaired) electrons. The molecule has 1 saturated carbocycles. The second-order valence-corrected chi connectivity index (χ2v) is 8.05. The first-order valence-electron chi connectivity index (χ1n) is 9.56. The van der Waals surface area contributed by atoms with Gasteiger partial charge in [-0.15, -0.1) is 0 Å². The summed E-state index contributed by atoms with van der Waals surface area (Å²) in [7, 11) is 0. The predicted molar refractivity (Wildman–Crippen MR) is 104 cm³/mol. The van der Waals surface area contributed by atoms with Crippen molar-refractivity contribution in [2.24, 2.45) is 5.92 Å². The maximum Gasteiger partial charge on any atom is 0.0620 e. The Morgan fingerprint density at radius 2 is 1.40 bits per heavy atom. The molecule has 2 aromatic carbocycles. The third-order valence-corrected chi connectivity index (χ3v) is 5.62. The fourth-order valence-corrected chi connectivity index (χ4v) is 4.09. The van der Waals surface area contributed by atoms with Crippen molar-refractivity contribution in [3.8, 4) is 0 Å². The van der Waals surface area contributed by atoms with Crippen LogP contribution in [-0.2, 0) is 13.1 Å². The molecule has 1 N–H and O–H groups in total. The highest BCUT2D eigenvalue weighted by Gasteiger charge is 2.34. The molecule has 2 aromatic rings. The van der Waals surface area contributed by atoms with Gasteiger partial charge in [-0.1, -0.05) is 67.1 Å². The monoisotopic (exact) mass is 337 g/mol. The van der Waals surface area contributed by atoms with Crippen molar-refractivity contribution in [1.29, 1.82) is 0 Å². The molecular formula is C23H31NO. The van der Waals surface area contributed by atoms with E-state index in [0.717, 1.165) is 25.9 Å². The van der Waals surface area contributed by atoms with Gasteiger partial charge < -0.3 is 5.11 Å². The summed E-state index contributed by atoms with van der Waals surface area (Å²) < 4.78 is 0. The fraction of sp³-hybridized carbons (Fsp3) is 0.478. The van der Waals surface area contributed by atoms with Gasteiger partial charge >= 0.3 is 0 Å². The van der Waals surface area contributed by atoms with Crippen LogP contribution in [0.25, 0.3) is 0 Å². The lowest BCUT2D eigenvalue weighted by molar-refractivity contribution is -0.0210. The van der Waals surface area contributed by atoms with Crippen LogP contribution in [0.15, 0.2) is 60.7 Å². The van der Waals surface area contributed by atoms with Gasteiger partial charge in [0.1, 0.15) is 0 Å². The lowest BCUT2D eigenvalue weighted by Gasteiger charge is -2.41. The van der Waals surface area contributed by atoms with Crippen LogP contribution in [-0.4, -0.2) is 21.6 Å². The van der Waals surface area contributed by atoms with Gasteiger partial charge in [0.2, 0.25) is 0 Å². The van der Waals surface area contributed by atoms with E-state index < -0.39 is 5.60 Å². The van der Waals surface area contributed by atoms with Gasteiger partial charge in [0.25, 0.3) is 0 Å². The summed E-state index contributed by atoms with van der Waals surface area (Å²) in [4.78, 5) is 2.61. The molecule has 0 heterocycles. The molecular weight excluding hydrogens is 306 g/mol. The van der Waals surface area contributed by atoms with Crippen LogP contribution in [0.1, 0.15) is 50.7 Å². The third kappa shape index (κ3) is 5.17. The molecule has 25 heavy (non-hydrogen) atoms. The highest BCUT2D eigenvalue weighted by atomic mass is 16.3. The van der Waals surface area contributed by atoms with Crippen molar-refractivity contribution in [2.75, 3.05) is 0 Å². The Labute approximate surface area is 152 Å². The normalized spacial score (nSPS) is 21.4. The molecule has 2 nitrogen and oxygen atoms in total. The Kier molecular flexibility index (Phi) is 5.93. The second kappa shape index (κ2) is 8.16. The van der Waals surface area contributed by atoms with Crippen molar-refractivity contribution >= 4 is 0 Å². The molecule has 2 heteroatoms. The Bertz CT molecular complexity index is 591. The van der Waals surface area contributed by atoms with Crippen molar-refractivity contribution in [1.82, 2.24) is 4.90 Å². The molecule has 0 amide bonds. The predicted octanol–water partition coefficient (Wildman–Crippen LogP) is 5.02. The zero-order valence-electron chi connectivity index (χ0n) is 15.6. The first-order valence-corrected chi connectivity index (χ1v) is 9.56. The number of nitrogens with zero attached hydrogens (tertiary/aromatic N) is 1. The number of hydrogen-bond donors (Lipinski definition) is 1. The summed E-state index contributed by atoms with van der Waals surface area (Å²) in [5, 5.41) is 10.5. The largest absolute Gasteiger partial charge is 0.390 e. The van der Waals surface area contributed by atoms with Crippen molar-refractivity contribution in [3.63, 3.8) is 0 Å². The molecule has 2 atom stereocenters. The van der Waals surface area contributed by atoms with E-state index in [1.807, 2.05) is 13.8 Å². The molecule has 134 valence electrons. The minimum atomic E-state index is -0.580. The van der Waals surface area contributed by atoms with Crippen LogP contribution in [0.3, 0.4) is 0 Å². The molecule has 0 aromatic heterocycles. The first kappa shape index (κ1) is 18.2. The van der Waals surface area contributed by atoms with Gasteiger partial charge in [0, 0.05) is 19.1 Å². The molecule has 1 fully saturated rings. The Balaban J connectivity index is 1.77. The Hall–Kier alpha value is -1.64. The fourth-order valence-electron chi connectivity index (χ4n) is 4.09. The van der Waals surface area contributed by atoms with Crippen LogP contribution in [0.2, 0.25) is 0 Å². The molecule has 0 aliphatic heterocycles. The zero-order chi connectivity index (χ0) is 17.7. The van der Waals surface area contributed by atoms with Gasteiger partial charge in [-0.25, -0.2) is 0 Å². The highest BCUT2D eigenvalue weighted by molar-refractivity contribution is 5.17. The Morgan fingerprint density at radius 1 is 0.880 bits per heavy atom. The second-order valence-electron chi connectivity index (χ2n) is 8.05. The number of benzene rings is 2. The van der Waals surface area contributed by atoms with Crippen molar-refractivity contribution in [2.45, 2.75) is 64.3 Å². The van der Waals surface area contributed by atoms with E-state index >= 15 is 0 Å². The van der Waals surface area contributed by atoms with E-state index in [9.17, 15) is 5.11 Å². The minimum Gasteiger partial charge on any atom is -0.390 e. The summed E-state index contributed by atoms with van der Waals surface area (Å²) in [5.74, 6) is 0.389. The standard InChI is InChI=1S/C23H31NO/c1-23(2,25)21-14-9-15-22(16-21)24(17-19-10-5-3-6-11-19)18-20-12-7-4-8-13-20/h3-8,10-13,21-22,25H,9,14-18H2,1-2H3/t21?,22-/m0/s1. The minimum absolute atomic E-state index is 0.389. The summed E-state index contributed by atoms with van der Waals surface area (Å²) in [5.41, 5.74) is 2.15. The molecule has 1 aliphatic carbocycles. The van der Waals surface area contributed by atoms with Gasteiger partial charge in [0.15, 0.2) is 0 Å². The Morgan fingerprint density at radius 3 is 1.88 bits per heavy atom. The summed E-state index contributed by atoms with van der Waals surface area (Å²) >= 11 is 0. The summed E-state index contributed by atoms with van der Waals surface area (Å²) in [6, 6.07) is 22.0. The SMILES string of the molecule is CC(C)(O)C1CCC[C@H](N(Cc2ccccc2)Cc2ccccc2)C1.